The second-order valence-corrected chi connectivity index (χ2v) is 11.5. The highest BCUT2D eigenvalue weighted by molar-refractivity contribution is 7.89. The molecule has 2 heterocycles. The number of sulfonamides is 1. The van der Waals surface area contributed by atoms with Crippen molar-refractivity contribution >= 4 is 32.4 Å². The third-order valence-corrected chi connectivity index (χ3v) is 8.22. The topological polar surface area (TPSA) is 93.5 Å². The zero-order valence-corrected chi connectivity index (χ0v) is 22.1. The predicted octanol–water partition coefficient (Wildman–Crippen LogP) is 3.06. The molecule has 0 spiro atoms. The number of fused-ring (bicyclic) bond motifs is 1. The third kappa shape index (κ3) is 6.92. The van der Waals surface area contributed by atoms with E-state index in [4.69, 9.17) is 21.4 Å². The van der Waals surface area contributed by atoms with E-state index in [0.717, 1.165) is 36.0 Å². The minimum atomic E-state index is -3.37. The lowest BCUT2D eigenvalue weighted by Gasteiger charge is -2.25. The number of rotatable bonds is 12. The average molecular weight is 533 g/mol. The lowest BCUT2D eigenvalue weighted by molar-refractivity contribution is 0.196. The van der Waals surface area contributed by atoms with Crippen molar-refractivity contribution in [1.29, 1.82) is 0 Å². The number of nitrogens with one attached hydrogen (secondary N) is 1. The molecule has 1 atom stereocenters. The van der Waals surface area contributed by atoms with Crippen LogP contribution in [0.4, 0.5) is 0 Å². The molecule has 10 heteroatoms. The summed E-state index contributed by atoms with van der Waals surface area (Å²) in [5.41, 5.74) is 1.78. The molecule has 1 fully saturated rings. The summed E-state index contributed by atoms with van der Waals surface area (Å²) in [5, 5.41) is 6.95. The summed E-state index contributed by atoms with van der Waals surface area (Å²) in [6.07, 6.45) is 3.08. The molecule has 1 aliphatic rings. The minimum absolute atomic E-state index is 0.0261. The van der Waals surface area contributed by atoms with Gasteiger partial charge in [-0.2, -0.15) is 5.10 Å². The zero-order chi connectivity index (χ0) is 25.5. The maximum absolute atomic E-state index is 13.3. The molecule has 1 aromatic heterocycles. The number of halogens is 1. The number of methoxy groups -OCH3 is 1. The van der Waals surface area contributed by atoms with Crippen molar-refractivity contribution in [2.75, 3.05) is 39.1 Å². The van der Waals surface area contributed by atoms with Crippen LogP contribution in [0, 0.1) is 0 Å². The van der Waals surface area contributed by atoms with E-state index in [1.807, 2.05) is 48.5 Å². The van der Waals surface area contributed by atoms with Crippen LogP contribution in [0.25, 0.3) is 10.8 Å². The first-order valence-corrected chi connectivity index (χ1v) is 14.3. The Morgan fingerprint density at radius 1 is 1.14 bits per heavy atom. The van der Waals surface area contributed by atoms with Crippen LogP contribution in [-0.4, -0.2) is 68.2 Å². The van der Waals surface area contributed by atoms with Gasteiger partial charge in [0, 0.05) is 49.7 Å². The van der Waals surface area contributed by atoms with Crippen molar-refractivity contribution in [2.45, 2.75) is 38.3 Å². The number of hydrogen-bond donors (Lipinski definition) is 1. The fourth-order valence-corrected chi connectivity index (χ4v) is 5.91. The van der Waals surface area contributed by atoms with Crippen molar-refractivity contribution in [3.05, 3.63) is 75.2 Å². The summed E-state index contributed by atoms with van der Waals surface area (Å²) in [4.78, 5) is 15.5. The van der Waals surface area contributed by atoms with Crippen molar-refractivity contribution in [3.63, 3.8) is 0 Å². The Morgan fingerprint density at radius 3 is 2.64 bits per heavy atom. The molecule has 194 valence electrons. The Hall–Kier alpha value is -2.30. The SMILES string of the molecule is COCCCNS(=O)(=O)CCN1CCC[C@@H]1Cn1nc(Cc2ccc(Cl)cc2)c2ccccc2c1=O. The van der Waals surface area contributed by atoms with E-state index in [-0.39, 0.29) is 17.4 Å². The molecule has 0 amide bonds. The average Bonchev–Trinajstić information content (AvgIpc) is 3.32. The van der Waals surface area contributed by atoms with Gasteiger partial charge in [-0.3, -0.25) is 9.69 Å². The highest BCUT2D eigenvalue weighted by Crippen LogP contribution is 2.21. The molecule has 2 aromatic carbocycles. The first kappa shape index (κ1) is 26.8. The molecule has 0 aliphatic carbocycles. The van der Waals surface area contributed by atoms with Crippen LogP contribution >= 0.6 is 11.6 Å². The molecule has 1 N–H and O–H groups in total. The Balaban J connectivity index is 1.50. The molecule has 36 heavy (non-hydrogen) atoms. The van der Waals surface area contributed by atoms with E-state index in [0.29, 0.717) is 49.5 Å². The first-order valence-electron chi connectivity index (χ1n) is 12.3. The van der Waals surface area contributed by atoms with Gasteiger partial charge in [0.25, 0.3) is 5.56 Å². The molecule has 0 unspecified atom stereocenters. The zero-order valence-electron chi connectivity index (χ0n) is 20.5. The summed E-state index contributed by atoms with van der Waals surface area (Å²) >= 11 is 6.04. The van der Waals surface area contributed by atoms with Crippen LogP contribution in [0.1, 0.15) is 30.5 Å². The van der Waals surface area contributed by atoms with Gasteiger partial charge in [0.1, 0.15) is 0 Å². The molecule has 0 radical (unpaired) electrons. The summed E-state index contributed by atoms with van der Waals surface area (Å²) in [6.45, 7) is 2.54. The Kier molecular flexibility index (Phi) is 9.14. The summed E-state index contributed by atoms with van der Waals surface area (Å²) in [5.74, 6) is 0.0261. The largest absolute Gasteiger partial charge is 0.385 e. The van der Waals surface area contributed by atoms with Crippen LogP contribution < -0.4 is 10.3 Å². The predicted molar refractivity (Wildman–Crippen MR) is 143 cm³/mol. The molecular weight excluding hydrogens is 500 g/mol. The van der Waals surface area contributed by atoms with Crippen LogP contribution in [-0.2, 0) is 27.7 Å². The maximum atomic E-state index is 13.3. The smallest absolute Gasteiger partial charge is 0.274 e. The van der Waals surface area contributed by atoms with Crippen molar-refractivity contribution in [2.24, 2.45) is 0 Å². The van der Waals surface area contributed by atoms with Gasteiger partial charge in [0.2, 0.25) is 10.0 Å². The van der Waals surface area contributed by atoms with Gasteiger partial charge < -0.3 is 4.74 Å². The molecule has 4 rings (SSSR count). The number of nitrogens with zero attached hydrogens (tertiary/aromatic N) is 3. The lowest BCUT2D eigenvalue weighted by Crippen LogP contribution is -2.41. The molecule has 1 saturated heterocycles. The number of benzene rings is 2. The molecule has 3 aromatic rings. The van der Waals surface area contributed by atoms with E-state index in [2.05, 4.69) is 9.62 Å². The molecular formula is C26H33ClN4O4S. The van der Waals surface area contributed by atoms with E-state index in [9.17, 15) is 13.2 Å². The van der Waals surface area contributed by atoms with Gasteiger partial charge in [0.15, 0.2) is 0 Å². The second kappa shape index (κ2) is 12.3. The first-order chi connectivity index (χ1) is 17.4. The van der Waals surface area contributed by atoms with E-state index in [1.165, 1.54) is 0 Å². The third-order valence-electron chi connectivity index (χ3n) is 6.61. The van der Waals surface area contributed by atoms with Crippen LogP contribution in [0.15, 0.2) is 53.3 Å². The minimum Gasteiger partial charge on any atom is -0.385 e. The molecule has 0 saturated carbocycles. The van der Waals surface area contributed by atoms with Crippen molar-refractivity contribution in [1.82, 2.24) is 19.4 Å². The van der Waals surface area contributed by atoms with E-state index >= 15 is 0 Å². The summed E-state index contributed by atoms with van der Waals surface area (Å²) in [6, 6.07) is 15.3. The van der Waals surface area contributed by atoms with Gasteiger partial charge in [-0.15, -0.1) is 0 Å². The Morgan fingerprint density at radius 2 is 1.89 bits per heavy atom. The lowest BCUT2D eigenvalue weighted by atomic mass is 10.0. The Bertz CT molecular complexity index is 1330. The van der Waals surface area contributed by atoms with Gasteiger partial charge in [0.05, 0.1) is 23.4 Å². The fourth-order valence-electron chi connectivity index (χ4n) is 4.70. The van der Waals surface area contributed by atoms with Gasteiger partial charge in [-0.1, -0.05) is 41.9 Å². The summed E-state index contributed by atoms with van der Waals surface area (Å²) in [7, 11) is -1.77. The van der Waals surface area contributed by atoms with E-state index < -0.39 is 10.0 Å². The highest BCUT2D eigenvalue weighted by Gasteiger charge is 2.27. The number of hydrogen-bond acceptors (Lipinski definition) is 6. The monoisotopic (exact) mass is 532 g/mol. The quantitative estimate of drug-likeness (QED) is 0.360. The maximum Gasteiger partial charge on any atom is 0.274 e. The number of aromatic nitrogens is 2. The fraction of sp³-hybridized carbons (Fsp3) is 0.462. The van der Waals surface area contributed by atoms with E-state index in [1.54, 1.807) is 11.8 Å². The van der Waals surface area contributed by atoms with Crippen LogP contribution in [0.3, 0.4) is 0 Å². The van der Waals surface area contributed by atoms with Crippen LogP contribution in [0.2, 0.25) is 5.02 Å². The number of likely N-dealkylation sites (tertiary alicyclic amines) is 1. The normalized spacial score (nSPS) is 16.7. The summed E-state index contributed by atoms with van der Waals surface area (Å²) < 4.78 is 34.0. The van der Waals surface area contributed by atoms with Gasteiger partial charge in [-0.05, 0) is 49.6 Å². The van der Waals surface area contributed by atoms with Gasteiger partial charge >= 0.3 is 0 Å². The van der Waals surface area contributed by atoms with Crippen LogP contribution in [0.5, 0.6) is 0 Å². The second-order valence-electron chi connectivity index (χ2n) is 9.17. The molecule has 8 nitrogen and oxygen atoms in total. The van der Waals surface area contributed by atoms with Gasteiger partial charge in [-0.25, -0.2) is 17.8 Å². The Labute approximate surface area is 217 Å². The van der Waals surface area contributed by atoms with Crippen molar-refractivity contribution < 1.29 is 13.2 Å². The number of ether oxygens (including phenoxy) is 1. The molecule has 1 aliphatic heterocycles. The standard InChI is InChI=1S/C26H33ClN4O4S/c1-35-16-5-13-28-36(33,34)17-15-30-14-4-6-22(30)19-31-26(32)24-8-3-2-7-23(24)25(29-31)18-20-9-11-21(27)12-10-20/h2-3,7-12,22,28H,4-6,13-19H2,1H3/t22-/m1/s1. The molecule has 0 bridgehead atoms. The highest BCUT2D eigenvalue weighted by atomic mass is 35.5. The van der Waals surface area contributed by atoms with Crippen molar-refractivity contribution in [3.8, 4) is 0 Å².